The molecule has 4 aromatic rings. The number of anilines is 3. The Morgan fingerprint density at radius 1 is 0.879 bits per heavy atom. The van der Waals surface area contributed by atoms with Gasteiger partial charge in [-0.25, -0.2) is 4.79 Å². The van der Waals surface area contributed by atoms with Crippen LogP contribution in [0.3, 0.4) is 0 Å². The molecule has 0 spiro atoms. The molecule has 0 atom stereocenters. The number of piperidine rings is 1. The summed E-state index contributed by atoms with van der Waals surface area (Å²) in [5.41, 5.74) is 4.10. The van der Waals surface area contributed by atoms with Crippen molar-refractivity contribution in [3.63, 3.8) is 0 Å². The number of hydrogen-bond donors (Lipinski definition) is 3. The largest absolute Gasteiger partial charge is 0.370 e. The van der Waals surface area contributed by atoms with E-state index in [1.54, 1.807) is 6.07 Å². The molecular weight excluding hydrogens is 414 g/mol. The van der Waals surface area contributed by atoms with E-state index in [0.29, 0.717) is 17.6 Å². The molecule has 0 bridgehead atoms. The van der Waals surface area contributed by atoms with Gasteiger partial charge in [-0.15, -0.1) is 0 Å². The van der Waals surface area contributed by atoms with Gasteiger partial charge in [-0.3, -0.25) is 14.6 Å². The van der Waals surface area contributed by atoms with Crippen molar-refractivity contribution in [3.05, 3.63) is 88.7 Å². The van der Waals surface area contributed by atoms with Crippen molar-refractivity contribution in [3.8, 4) is 0 Å². The zero-order chi connectivity index (χ0) is 22.6. The minimum atomic E-state index is -0.334. The fourth-order valence-electron chi connectivity index (χ4n) is 4.44. The first-order chi connectivity index (χ1) is 16.2. The maximum Gasteiger partial charge on any atom is 0.323 e. The molecule has 2 heterocycles. The third-order valence-corrected chi connectivity index (χ3v) is 6.06. The number of urea groups is 1. The Labute approximate surface area is 192 Å². The molecule has 33 heavy (non-hydrogen) atoms. The van der Waals surface area contributed by atoms with Crippen molar-refractivity contribution in [1.82, 2.24) is 9.78 Å². The molecule has 0 aliphatic carbocycles. The highest BCUT2D eigenvalue weighted by atomic mass is 16.2. The molecule has 1 fully saturated rings. The lowest BCUT2D eigenvalue weighted by Gasteiger charge is -2.30. The number of benzene rings is 3. The Balaban J connectivity index is 1.32. The topological polar surface area (TPSA) is 82.2 Å². The van der Waals surface area contributed by atoms with Gasteiger partial charge in [0.05, 0.1) is 28.8 Å². The van der Waals surface area contributed by atoms with Gasteiger partial charge in [-0.2, -0.15) is 0 Å². The number of carbonyl (C=O) groups is 1. The molecule has 7 heteroatoms. The van der Waals surface area contributed by atoms with Crippen LogP contribution in [0.15, 0.2) is 77.6 Å². The first kappa shape index (κ1) is 20.9. The van der Waals surface area contributed by atoms with Gasteiger partial charge in [0.2, 0.25) is 0 Å². The van der Waals surface area contributed by atoms with Crippen molar-refractivity contribution in [1.29, 1.82) is 0 Å². The Kier molecular flexibility index (Phi) is 5.85. The van der Waals surface area contributed by atoms with E-state index in [4.69, 9.17) is 0 Å². The van der Waals surface area contributed by atoms with Crippen LogP contribution in [0.5, 0.6) is 0 Å². The summed E-state index contributed by atoms with van der Waals surface area (Å²) in [4.78, 5) is 27.6. The number of hydrogen-bond acceptors (Lipinski definition) is 3. The monoisotopic (exact) mass is 441 g/mol. The number of amides is 2. The zero-order valence-corrected chi connectivity index (χ0v) is 18.4. The molecule has 7 nitrogen and oxygen atoms in total. The van der Waals surface area contributed by atoms with Gasteiger partial charge >= 0.3 is 6.03 Å². The van der Waals surface area contributed by atoms with Crippen LogP contribution in [-0.4, -0.2) is 28.9 Å². The highest BCUT2D eigenvalue weighted by molar-refractivity contribution is 6.02. The van der Waals surface area contributed by atoms with E-state index < -0.39 is 0 Å². The quantitative estimate of drug-likeness (QED) is 0.407. The highest BCUT2D eigenvalue weighted by Crippen LogP contribution is 2.28. The molecular formula is C26H27N5O2. The maximum absolute atomic E-state index is 12.8. The predicted octanol–water partition coefficient (Wildman–Crippen LogP) is 5.01. The molecule has 3 N–H and O–H groups in total. The summed E-state index contributed by atoms with van der Waals surface area (Å²) in [5, 5.41) is 9.27. The molecule has 1 saturated heterocycles. The van der Waals surface area contributed by atoms with E-state index in [1.807, 2.05) is 71.4 Å². The Morgan fingerprint density at radius 3 is 2.45 bits per heavy atom. The molecule has 168 valence electrons. The van der Waals surface area contributed by atoms with Crippen LogP contribution < -0.4 is 21.1 Å². The van der Waals surface area contributed by atoms with Gasteiger partial charge in [0.1, 0.15) is 0 Å². The van der Waals surface area contributed by atoms with Crippen molar-refractivity contribution in [2.75, 3.05) is 28.6 Å². The number of para-hydroxylation sites is 2. The Morgan fingerprint density at radius 2 is 1.64 bits per heavy atom. The molecule has 1 aliphatic rings. The second-order valence-corrected chi connectivity index (χ2v) is 8.39. The van der Waals surface area contributed by atoms with Gasteiger partial charge in [-0.05, 0) is 55.2 Å². The molecule has 0 saturated carbocycles. The number of nitrogens with zero attached hydrogens (tertiary/aromatic N) is 2. The fourth-order valence-corrected chi connectivity index (χ4v) is 4.44. The van der Waals surface area contributed by atoms with Gasteiger partial charge < -0.3 is 15.5 Å². The lowest BCUT2D eigenvalue weighted by atomic mass is 10.1. The number of nitrogens with one attached hydrogen (secondary N) is 3. The van der Waals surface area contributed by atoms with E-state index in [2.05, 4.69) is 20.6 Å². The summed E-state index contributed by atoms with van der Waals surface area (Å²) in [6.07, 6.45) is 3.58. The molecule has 1 aliphatic heterocycles. The fraction of sp³-hybridized carbons (Fsp3) is 0.231. The summed E-state index contributed by atoms with van der Waals surface area (Å²) in [7, 11) is 0. The van der Waals surface area contributed by atoms with Crippen molar-refractivity contribution >= 4 is 34.0 Å². The summed E-state index contributed by atoms with van der Waals surface area (Å²) in [6, 6.07) is 22.9. The van der Waals surface area contributed by atoms with Gasteiger partial charge in [0.25, 0.3) is 5.56 Å². The van der Waals surface area contributed by atoms with E-state index in [1.165, 1.54) is 19.3 Å². The SMILES string of the molecule is O=C(Nc1ccc2c(c1)c(=O)[nH]n2Cc1ccccc1)Nc1ccccc1N1CCCCC1. The summed E-state index contributed by atoms with van der Waals surface area (Å²) in [6.45, 7) is 2.57. The van der Waals surface area contributed by atoms with Crippen LogP contribution >= 0.6 is 0 Å². The third kappa shape index (κ3) is 4.62. The second kappa shape index (κ2) is 9.24. The van der Waals surface area contributed by atoms with E-state index in [9.17, 15) is 9.59 Å². The predicted molar refractivity (Wildman–Crippen MR) is 133 cm³/mol. The van der Waals surface area contributed by atoms with Crippen LogP contribution in [0.2, 0.25) is 0 Å². The summed E-state index contributed by atoms with van der Waals surface area (Å²) in [5.74, 6) is 0. The van der Waals surface area contributed by atoms with Crippen molar-refractivity contribution < 1.29 is 4.79 Å². The number of fused-ring (bicyclic) bond motifs is 1. The van der Waals surface area contributed by atoms with Crippen LogP contribution in [0.1, 0.15) is 24.8 Å². The number of aromatic nitrogens is 2. The van der Waals surface area contributed by atoms with E-state index in [0.717, 1.165) is 35.5 Å². The van der Waals surface area contributed by atoms with E-state index >= 15 is 0 Å². The summed E-state index contributed by atoms with van der Waals surface area (Å²) >= 11 is 0. The van der Waals surface area contributed by atoms with Crippen LogP contribution in [0.4, 0.5) is 21.9 Å². The van der Waals surface area contributed by atoms with Gasteiger partial charge in [0, 0.05) is 18.8 Å². The average Bonchev–Trinajstić information content (AvgIpc) is 3.15. The minimum Gasteiger partial charge on any atom is -0.370 e. The van der Waals surface area contributed by atoms with Crippen LogP contribution in [0.25, 0.3) is 10.9 Å². The maximum atomic E-state index is 12.8. The molecule has 5 rings (SSSR count). The molecule has 1 aromatic heterocycles. The van der Waals surface area contributed by atoms with Gasteiger partial charge in [-0.1, -0.05) is 42.5 Å². The van der Waals surface area contributed by atoms with Crippen molar-refractivity contribution in [2.45, 2.75) is 25.8 Å². The Bertz CT molecular complexity index is 1320. The molecule has 0 radical (unpaired) electrons. The number of aromatic amines is 1. The smallest absolute Gasteiger partial charge is 0.323 e. The first-order valence-corrected chi connectivity index (χ1v) is 11.4. The number of H-pyrrole nitrogens is 1. The molecule has 0 unspecified atom stereocenters. The minimum absolute atomic E-state index is 0.180. The highest BCUT2D eigenvalue weighted by Gasteiger charge is 2.16. The second-order valence-electron chi connectivity index (χ2n) is 8.39. The normalized spacial score (nSPS) is 13.8. The lowest BCUT2D eigenvalue weighted by molar-refractivity contribution is 0.262. The van der Waals surface area contributed by atoms with Crippen LogP contribution in [-0.2, 0) is 6.54 Å². The molecule has 2 amide bonds. The lowest BCUT2D eigenvalue weighted by Crippen LogP contribution is -2.30. The summed E-state index contributed by atoms with van der Waals surface area (Å²) < 4.78 is 1.83. The number of carbonyl (C=O) groups excluding carboxylic acids is 1. The van der Waals surface area contributed by atoms with Crippen LogP contribution in [0, 0.1) is 0 Å². The first-order valence-electron chi connectivity index (χ1n) is 11.4. The standard InChI is InChI=1S/C26H27N5O2/c32-25-21-17-20(13-14-23(21)31(29-25)18-19-9-3-1-4-10-19)27-26(33)28-22-11-5-6-12-24(22)30-15-7-2-8-16-30/h1,3-6,9-14,17H,2,7-8,15-16,18H2,(H,29,32)(H2,27,28,33). The zero-order valence-electron chi connectivity index (χ0n) is 18.4. The Hall–Kier alpha value is -4.00. The number of rotatable bonds is 5. The third-order valence-electron chi connectivity index (χ3n) is 6.06. The average molecular weight is 442 g/mol. The van der Waals surface area contributed by atoms with Crippen molar-refractivity contribution in [2.24, 2.45) is 0 Å². The molecule has 3 aromatic carbocycles. The van der Waals surface area contributed by atoms with E-state index in [-0.39, 0.29) is 11.6 Å². The van der Waals surface area contributed by atoms with Gasteiger partial charge in [0.15, 0.2) is 0 Å².